The Kier molecular flexibility index (Phi) is 3.67. The molecule has 1 aromatic carbocycles. The Balaban J connectivity index is 2.32. The predicted molar refractivity (Wildman–Crippen MR) is 69.1 cm³/mol. The van der Waals surface area contributed by atoms with E-state index >= 15 is 0 Å². The number of benzene rings is 1. The summed E-state index contributed by atoms with van der Waals surface area (Å²) in [6.07, 6.45) is 2.02. The van der Waals surface area contributed by atoms with Gasteiger partial charge in [0, 0.05) is 5.02 Å². The summed E-state index contributed by atoms with van der Waals surface area (Å²) in [5.74, 6) is -0.941. The molecule has 0 saturated heterocycles. The van der Waals surface area contributed by atoms with E-state index in [2.05, 4.69) is 5.10 Å². The first-order valence-electron chi connectivity index (χ1n) is 5.64. The van der Waals surface area contributed by atoms with Crippen molar-refractivity contribution >= 4 is 17.6 Å². The summed E-state index contributed by atoms with van der Waals surface area (Å²) in [5.41, 5.74) is 1.99. The fourth-order valence-electron chi connectivity index (χ4n) is 1.91. The summed E-state index contributed by atoms with van der Waals surface area (Å²) in [7, 11) is 0. The summed E-state index contributed by atoms with van der Waals surface area (Å²) in [6.45, 7) is 2.44. The Bertz CT molecular complexity index is 578. The Hall–Kier alpha value is -1.81. The van der Waals surface area contributed by atoms with Crippen LogP contribution in [0.1, 0.15) is 28.5 Å². The molecule has 1 heterocycles. The fraction of sp³-hybridized carbons (Fsp3) is 0.231. The van der Waals surface area contributed by atoms with E-state index in [1.54, 1.807) is 10.7 Å². The minimum absolute atomic E-state index is 0.263. The van der Waals surface area contributed by atoms with Crippen molar-refractivity contribution in [3.05, 3.63) is 52.3 Å². The van der Waals surface area contributed by atoms with E-state index in [-0.39, 0.29) is 5.56 Å². The topological polar surface area (TPSA) is 55.1 Å². The van der Waals surface area contributed by atoms with Crippen LogP contribution in [0.15, 0.2) is 30.5 Å². The molecule has 1 aromatic heterocycles. The first kappa shape index (κ1) is 12.6. The molecular weight excluding hydrogens is 252 g/mol. The number of halogens is 1. The highest BCUT2D eigenvalue weighted by Gasteiger charge is 2.14. The number of carboxylic acid groups (broad SMARTS) is 1. The molecule has 0 amide bonds. The number of hydrogen-bond acceptors (Lipinski definition) is 2. The molecule has 0 bridgehead atoms. The van der Waals surface area contributed by atoms with Gasteiger partial charge in [0.25, 0.3) is 0 Å². The summed E-state index contributed by atoms with van der Waals surface area (Å²) in [5, 5.41) is 13.8. The van der Waals surface area contributed by atoms with Gasteiger partial charge in [-0.2, -0.15) is 5.10 Å². The van der Waals surface area contributed by atoms with Crippen LogP contribution in [0.5, 0.6) is 0 Å². The van der Waals surface area contributed by atoms with Gasteiger partial charge in [-0.3, -0.25) is 4.68 Å². The van der Waals surface area contributed by atoms with E-state index in [1.807, 2.05) is 25.1 Å². The molecule has 94 valence electrons. The van der Waals surface area contributed by atoms with Crippen LogP contribution >= 0.6 is 11.6 Å². The summed E-state index contributed by atoms with van der Waals surface area (Å²) in [4.78, 5) is 11.0. The van der Waals surface area contributed by atoms with Crippen molar-refractivity contribution in [2.24, 2.45) is 0 Å². The van der Waals surface area contributed by atoms with Crippen LogP contribution < -0.4 is 0 Å². The smallest absolute Gasteiger partial charge is 0.339 e. The van der Waals surface area contributed by atoms with Crippen LogP contribution in [-0.4, -0.2) is 20.9 Å². The Morgan fingerprint density at radius 2 is 2.28 bits per heavy atom. The predicted octanol–water partition coefficient (Wildman–Crippen LogP) is 2.85. The number of aromatic carboxylic acids is 1. The molecule has 2 aromatic rings. The Labute approximate surface area is 110 Å². The van der Waals surface area contributed by atoms with Gasteiger partial charge in [-0.1, -0.05) is 30.7 Å². The molecule has 4 nitrogen and oxygen atoms in total. The second-order valence-electron chi connectivity index (χ2n) is 3.95. The quantitative estimate of drug-likeness (QED) is 0.924. The van der Waals surface area contributed by atoms with E-state index in [0.29, 0.717) is 18.0 Å². The molecule has 2 rings (SSSR count). The van der Waals surface area contributed by atoms with Crippen molar-refractivity contribution < 1.29 is 9.90 Å². The molecule has 0 aliphatic carbocycles. The van der Waals surface area contributed by atoms with Crippen LogP contribution in [0.4, 0.5) is 0 Å². The lowest BCUT2D eigenvalue weighted by molar-refractivity contribution is 0.0695. The fourth-order valence-corrected chi connectivity index (χ4v) is 2.12. The zero-order chi connectivity index (χ0) is 13.1. The van der Waals surface area contributed by atoms with Crippen LogP contribution in [0.25, 0.3) is 0 Å². The maximum Gasteiger partial charge on any atom is 0.339 e. The van der Waals surface area contributed by atoms with Crippen molar-refractivity contribution in [1.29, 1.82) is 0 Å². The number of rotatable bonds is 4. The average Bonchev–Trinajstić information content (AvgIpc) is 2.72. The maximum atomic E-state index is 11.0. The van der Waals surface area contributed by atoms with Crippen molar-refractivity contribution in [2.75, 3.05) is 0 Å². The van der Waals surface area contributed by atoms with E-state index < -0.39 is 5.97 Å². The maximum absolute atomic E-state index is 11.0. The number of aromatic nitrogens is 2. The lowest BCUT2D eigenvalue weighted by Crippen LogP contribution is -2.08. The number of nitrogens with zero attached hydrogens (tertiary/aromatic N) is 2. The third kappa shape index (κ3) is 2.54. The Morgan fingerprint density at radius 1 is 1.50 bits per heavy atom. The molecule has 0 aliphatic heterocycles. The molecule has 5 heteroatoms. The third-order valence-corrected chi connectivity index (χ3v) is 2.97. The SMILES string of the molecule is CCc1c(C(=O)O)cnn1Cc1cccc(Cl)c1. The molecule has 1 N–H and O–H groups in total. The van der Waals surface area contributed by atoms with E-state index in [1.165, 1.54) is 6.20 Å². The van der Waals surface area contributed by atoms with E-state index in [4.69, 9.17) is 16.7 Å². The minimum Gasteiger partial charge on any atom is -0.478 e. The molecular formula is C13H13ClN2O2. The lowest BCUT2D eigenvalue weighted by atomic mass is 10.2. The van der Waals surface area contributed by atoms with Crippen molar-refractivity contribution in [3.63, 3.8) is 0 Å². The molecule has 0 saturated carbocycles. The highest BCUT2D eigenvalue weighted by Crippen LogP contribution is 2.15. The highest BCUT2D eigenvalue weighted by atomic mass is 35.5. The largest absolute Gasteiger partial charge is 0.478 e. The monoisotopic (exact) mass is 264 g/mol. The van der Waals surface area contributed by atoms with Crippen molar-refractivity contribution in [1.82, 2.24) is 9.78 Å². The summed E-state index contributed by atoms with van der Waals surface area (Å²) >= 11 is 5.92. The van der Waals surface area contributed by atoms with Crippen LogP contribution in [0, 0.1) is 0 Å². The van der Waals surface area contributed by atoms with Gasteiger partial charge in [0.05, 0.1) is 18.4 Å². The number of carboxylic acids is 1. The molecule has 0 unspecified atom stereocenters. The summed E-state index contributed by atoms with van der Waals surface area (Å²) in [6, 6.07) is 7.46. The van der Waals surface area contributed by atoms with Crippen LogP contribution in [-0.2, 0) is 13.0 Å². The zero-order valence-electron chi connectivity index (χ0n) is 9.93. The number of hydrogen-bond donors (Lipinski definition) is 1. The molecule has 18 heavy (non-hydrogen) atoms. The van der Waals surface area contributed by atoms with E-state index in [9.17, 15) is 4.79 Å². The second kappa shape index (κ2) is 5.23. The average molecular weight is 265 g/mol. The third-order valence-electron chi connectivity index (χ3n) is 2.74. The van der Waals surface area contributed by atoms with Gasteiger partial charge in [0.15, 0.2) is 0 Å². The van der Waals surface area contributed by atoms with Crippen LogP contribution in [0.2, 0.25) is 5.02 Å². The van der Waals surface area contributed by atoms with Gasteiger partial charge < -0.3 is 5.11 Å². The van der Waals surface area contributed by atoms with Gasteiger partial charge in [-0.05, 0) is 24.1 Å². The van der Waals surface area contributed by atoms with Gasteiger partial charge in [-0.25, -0.2) is 4.79 Å². The van der Waals surface area contributed by atoms with Gasteiger partial charge in [-0.15, -0.1) is 0 Å². The van der Waals surface area contributed by atoms with Crippen LogP contribution in [0.3, 0.4) is 0 Å². The first-order valence-corrected chi connectivity index (χ1v) is 6.02. The summed E-state index contributed by atoms with van der Waals surface area (Å²) < 4.78 is 1.70. The second-order valence-corrected chi connectivity index (χ2v) is 4.39. The van der Waals surface area contributed by atoms with Gasteiger partial charge in [0.1, 0.15) is 5.56 Å². The van der Waals surface area contributed by atoms with Crippen molar-refractivity contribution in [2.45, 2.75) is 19.9 Å². The van der Waals surface area contributed by atoms with Gasteiger partial charge in [0.2, 0.25) is 0 Å². The molecule has 0 spiro atoms. The molecule has 0 radical (unpaired) electrons. The lowest BCUT2D eigenvalue weighted by Gasteiger charge is -2.07. The molecule has 0 fully saturated rings. The Morgan fingerprint density at radius 3 is 2.89 bits per heavy atom. The first-order chi connectivity index (χ1) is 8.61. The van der Waals surface area contributed by atoms with Crippen molar-refractivity contribution in [3.8, 4) is 0 Å². The highest BCUT2D eigenvalue weighted by molar-refractivity contribution is 6.30. The molecule has 0 atom stereocenters. The normalized spacial score (nSPS) is 10.6. The molecule has 0 aliphatic rings. The minimum atomic E-state index is -0.941. The zero-order valence-corrected chi connectivity index (χ0v) is 10.7. The van der Waals surface area contributed by atoms with Gasteiger partial charge >= 0.3 is 5.97 Å². The number of carbonyl (C=O) groups is 1. The standard InChI is InChI=1S/C13H13ClN2O2/c1-2-12-11(13(17)18)7-15-16(12)8-9-4-3-5-10(14)6-9/h3-7H,2,8H2,1H3,(H,17,18). The van der Waals surface area contributed by atoms with E-state index in [0.717, 1.165) is 11.3 Å².